The van der Waals surface area contributed by atoms with Crippen molar-refractivity contribution in [3.05, 3.63) is 35.9 Å². The quantitative estimate of drug-likeness (QED) is 0.846. The molecule has 2 heteroatoms. The molecule has 0 aromatic heterocycles. The molecule has 0 spiro atoms. The molecule has 94 valence electrons. The average molecular weight is 249 g/mol. The number of thioether (sulfide) groups is 1. The van der Waals surface area contributed by atoms with E-state index in [2.05, 4.69) is 61.3 Å². The van der Waals surface area contributed by atoms with E-state index in [4.69, 9.17) is 0 Å². The summed E-state index contributed by atoms with van der Waals surface area (Å²) in [5, 5.41) is 3.75. The molecular formula is C15H23NS. The van der Waals surface area contributed by atoms with Gasteiger partial charge in [0.05, 0.1) is 0 Å². The minimum atomic E-state index is 0.461. The number of hydrogen-bond donors (Lipinski definition) is 1. The Labute approximate surface area is 109 Å². The van der Waals surface area contributed by atoms with Crippen LogP contribution in [0.3, 0.4) is 0 Å². The largest absolute Gasteiger partial charge is 0.309 e. The predicted octanol–water partition coefficient (Wildman–Crippen LogP) is 4.01. The summed E-state index contributed by atoms with van der Waals surface area (Å²) in [5.41, 5.74) is 1.42. The third-order valence-corrected chi connectivity index (χ3v) is 5.17. The molecule has 2 atom stereocenters. The molecule has 1 aromatic rings. The minimum Gasteiger partial charge on any atom is -0.309 e. The molecule has 0 saturated carbocycles. The zero-order valence-corrected chi connectivity index (χ0v) is 11.7. The van der Waals surface area contributed by atoms with Crippen LogP contribution in [0.5, 0.6) is 0 Å². The fourth-order valence-electron chi connectivity index (χ4n) is 2.50. The van der Waals surface area contributed by atoms with Gasteiger partial charge >= 0.3 is 0 Å². The van der Waals surface area contributed by atoms with E-state index in [0.717, 1.165) is 13.0 Å². The van der Waals surface area contributed by atoms with Crippen molar-refractivity contribution in [3.63, 3.8) is 0 Å². The summed E-state index contributed by atoms with van der Waals surface area (Å²) in [6.45, 7) is 5.79. The van der Waals surface area contributed by atoms with Gasteiger partial charge in [-0.3, -0.25) is 0 Å². The van der Waals surface area contributed by atoms with E-state index in [1.54, 1.807) is 0 Å². The van der Waals surface area contributed by atoms with Crippen molar-refractivity contribution in [2.24, 2.45) is 0 Å². The van der Waals surface area contributed by atoms with Crippen LogP contribution in [0.25, 0.3) is 0 Å². The van der Waals surface area contributed by atoms with Crippen LogP contribution in [-0.2, 0) is 0 Å². The van der Waals surface area contributed by atoms with Gasteiger partial charge in [-0.25, -0.2) is 0 Å². The highest BCUT2D eigenvalue weighted by molar-refractivity contribution is 8.00. The second-order valence-corrected chi connectivity index (χ2v) is 6.84. The summed E-state index contributed by atoms with van der Waals surface area (Å²) in [4.78, 5) is 0. The highest BCUT2D eigenvalue weighted by Gasteiger charge is 2.29. The number of benzene rings is 1. The fraction of sp³-hybridized carbons (Fsp3) is 0.600. The van der Waals surface area contributed by atoms with Gasteiger partial charge in [-0.15, -0.1) is 0 Å². The van der Waals surface area contributed by atoms with E-state index in [0.29, 0.717) is 10.8 Å². The van der Waals surface area contributed by atoms with E-state index in [1.807, 2.05) is 0 Å². The third kappa shape index (κ3) is 3.49. The Balaban J connectivity index is 1.92. The summed E-state index contributed by atoms with van der Waals surface area (Å²) in [7, 11) is 0. The van der Waals surface area contributed by atoms with Crippen LogP contribution in [0.2, 0.25) is 0 Å². The standard InChI is InChI=1S/C15H23NS/c1-3-14(13-8-5-4-6-9-13)16-12-15(2)10-7-11-17-15/h4-6,8-9,14,16H,3,7,10-12H2,1-2H3. The van der Waals surface area contributed by atoms with E-state index in [1.165, 1.54) is 24.2 Å². The molecule has 0 radical (unpaired) electrons. The van der Waals surface area contributed by atoms with Crippen LogP contribution >= 0.6 is 11.8 Å². The highest BCUT2D eigenvalue weighted by Crippen LogP contribution is 2.37. The molecule has 1 nitrogen and oxygen atoms in total. The van der Waals surface area contributed by atoms with Crippen molar-refractivity contribution >= 4 is 11.8 Å². The molecule has 2 unspecified atom stereocenters. The number of rotatable bonds is 5. The van der Waals surface area contributed by atoms with Gasteiger partial charge in [0.25, 0.3) is 0 Å². The summed E-state index contributed by atoms with van der Waals surface area (Å²) in [6.07, 6.45) is 3.89. The topological polar surface area (TPSA) is 12.0 Å². The Morgan fingerprint density at radius 2 is 2.12 bits per heavy atom. The van der Waals surface area contributed by atoms with Gasteiger partial charge in [-0.2, -0.15) is 11.8 Å². The van der Waals surface area contributed by atoms with Crippen molar-refractivity contribution in [1.82, 2.24) is 5.32 Å². The SMILES string of the molecule is CCC(NCC1(C)CCCS1)c1ccccc1. The summed E-state index contributed by atoms with van der Waals surface area (Å²) in [6, 6.07) is 11.3. The Hall–Kier alpha value is -0.470. The Morgan fingerprint density at radius 1 is 1.35 bits per heavy atom. The van der Waals surface area contributed by atoms with E-state index < -0.39 is 0 Å². The molecule has 17 heavy (non-hydrogen) atoms. The maximum absolute atomic E-state index is 3.75. The molecule has 1 saturated heterocycles. The molecule has 1 aromatic carbocycles. The van der Waals surface area contributed by atoms with Crippen LogP contribution in [0.15, 0.2) is 30.3 Å². The first kappa shape index (κ1) is 13.0. The lowest BCUT2D eigenvalue weighted by Gasteiger charge is -2.27. The Morgan fingerprint density at radius 3 is 2.71 bits per heavy atom. The van der Waals surface area contributed by atoms with Gasteiger partial charge in [0.1, 0.15) is 0 Å². The van der Waals surface area contributed by atoms with Crippen molar-refractivity contribution in [3.8, 4) is 0 Å². The molecule has 0 bridgehead atoms. The normalized spacial score (nSPS) is 26.0. The maximum atomic E-state index is 3.75. The van der Waals surface area contributed by atoms with Crippen molar-refractivity contribution in [1.29, 1.82) is 0 Å². The van der Waals surface area contributed by atoms with Crippen LogP contribution < -0.4 is 5.32 Å². The number of nitrogens with one attached hydrogen (secondary N) is 1. The first-order valence-electron chi connectivity index (χ1n) is 6.66. The first-order valence-corrected chi connectivity index (χ1v) is 7.64. The highest BCUT2D eigenvalue weighted by atomic mass is 32.2. The predicted molar refractivity (Wildman–Crippen MR) is 77.6 cm³/mol. The van der Waals surface area contributed by atoms with Gasteiger partial charge in [-0.05, 0) is 37.5 Å². The Kier molecular flexibility index (Phi) is 4.52. The zero-order valence-electron chi connectivity index (χ0n) is 10.9. The fourth-order valence-corrected chi connectivity index (χ4v) is 3.75. The molecular weight excluding hydrogens is 226 g/mol. The average Bonchev–Trinajstić information content (AvgIpc) is 2.79. The van der Waals surface area contributed by atoms with Gasteiger partial charge < -0.3 is 5.32 Å². The molecule has 0 aliphatic carbocycles. The smallest absolute Gasteiger partial charge is 0.0318 e. The molecule has 1 heterocycles. The van der Waals surface area contributed by atoms with Gasteiger partial charge in [0, 0.05) is 17.3 Å². The summed E-state index contributed by atoms with van der Waals surface area (Å²) < 4.78 is 0.461. The molecule has 1 fully saturated rings. The van der Waals surface area contributed by atoms with Crippen molar-refractivity contribution in [2.45, 2.75) is 43.9 Å². The lowest BCUT2D eigenvalue weighted by molar-refractivity contribution is 0.462. The van der Waals surface area contributed by atoms with Crippen molar-refractivity contribution in [2.75, 3.05) is 12.3 Å². The van der Waals surface area contributed by atoms with E-state index >= 15 is 0 Å². The minimum absolute atomic E-state index is 0.461. The lowest BCUT2D eigenvalue weighted by Crippen LogP contribution is -2.35. The zero-order chi connectivity index (χ0) is 12.1. The van der Waals surface area contributed by atoms with Crippen molar-refractivity contribution < 1.29 is 0 Å². The molecule has 1 N–H and O–H groups in total. The lowest BCUT2D eigenvalue weighted by atomic mass is 10.0. The van der Waals surface area contributed by atoms with Crippen LogP contribution in [-0.4, -0.2) is 17.0 Å². The van der Waals surface area contributed by atoms with Gasteiger partial charge in [-0.1, -0.05) is 37.3 Å². The van der Waals surface area contributed by atoms with E-state index in [-0.39, 0.29) is 0 Å². The molecule has 1 aliphatic rings. The third-order valence-electron chi connectivity index (χ3n) is 3.63. The van der Waals surface area contributed by atoms with E-state index in [9.17, 15) is 0 Å². The molecule has 0 amide bonds. The van der Waals surface area contributed by atoms with Gasteiger partial charge in [0.2, 0.25) is 0 Å². The monoisotopic (exact) mass is 249 g/mol. The van der Waals surface area contributed by atoms with Crippen LogP contribution in [0.1, 0.15) is 44.7 Å². The molecule has 2 rings (SSSR count). The second kappa shape index (κ2) is 5.92. The summed E-state index contributed by atoms with van der Waals surface area (Å²) >= 11 is 2.13. The van der Waals surface area contributed by atoms with Crippen LogP contribution in [0.4, 0.5) is 0 Å². The van der Waals surface area contributed by atoms with Crippen LogP contribution in [0, 0.1) is 0 Å². The maximum Gasteiger partial charge on any atom is 0.0318 e. The first-order chi connectivity index (χ1) is 8.23. The number of hydrogen-bond acceptors (Lipinski definition) is 2. The second-order valence-electron chi connectivity index (χ2n) is 5.15. The Bertz CT molecular complexity index is 330. The summed E-state index contributed by atoms with van der Waals surface area (Å²) in [5.74, 6) is 1.33. The van der Waals surface area contributed by atoms with Gasteiger partial charge in [0.15, 0.2) is 0 Å². The molecule has 1 aliphatic heterocycles.